The Labute approximate surface area is 196 Å². The Hall–Kier alpha value is -3.08. The molecule has 0 aliphatic carbocycles. The van der Waals surface area contributed by atoms with Gasteiger partial charge in [0.25, 0.3) is 0 Å². The third-order valence-corrected chi connectivity index (χ3v) is 6.26. The summed E-state index contributed by atoms with van der Waals surface area (Å²) in [6.07, 6.45) is 2.17. The highest BCUT2D eigenvalue weighted by Gasteiger charge is 2.45. The third-order valence-electron chi connectivity index (χ3n) is 6.26. The van der Waals surface area contributed by atoms with Crippen LogP contribution in [0.15, 0.2) is 55.1 Å². The summed E-state index contributed by atoms with van der Waals surface area (Å²) >= 11 is 0. The maximum Gasteiger partial charge on any atom is 0.193 e. The van der Waals surface area contributed by atoms with Crippen LogP contribution in [-0.2, 0) is 21.6 Å². The van der Waals surface area contributed by atoms with E-state index < -0.39 is 23.5 Å². The Kier molecular flexibility index (Phi) is 6.44. The van der Waals surface area contributed by atoms with Gasteiger partial charge in [-0.2, -0.15) is 5.10 Å². The summed E-state index contributed by atoms with van der Waals surface area (Å²) in [7, 11) is 2.13. The number of hydrogen-bond acceptors (Lipinski definition) is 7. The van der Waals surface area contributed by atoms with Crippen LogP contribution in [0.5, 0.6) is 5.75 Å². The van der Waals surface area contributed by atoms with Crippen molar-refractivity contribution >= 4 is 5.69 Å². The van der Waals surface area contributed by atoms with Crippen LogP contribution >= 0.6 is 0 Å². The van der Waals surface area contributed by atoms with Crippen LogP contribution in [0.1, 0.15) is 5.56 Å². The van der Waals surface area contributed by atoms with E-state index in [0.717, 1.165) is 37.9 Å². The molecule has 0 amide bonds. The number of ether oxygens (including phenoxy) is 3. The van der Waals surface area contributed by atoms with Gasteiger partial charge >= 0.3 is 0 Å². The molecule has 1 aromatic heterocycles. The Bertz CT molecular complexity index is 1090. The smallest absolute Gasteiger partial charge is 0.193 e. The second-order valence-corrected chi connectivity index (χ2v) is 8.67. The highest BCUT2D eigenvalue weighted by Crippen LogP contribution is 2.37. The summed E-state index contributed by atoms with van der Waals surface area (Å²) < 4.78 is 47.7. The molecule has 3 heterocycles. The fraction of sp³-hybridized carbons (Fsp3) is 0.417. The number of rotatable bonds is 7. The van der Waals surface area contributed by atoms with Gasteiger partial charge in [-0.3, -0.25) is 0 Å². The summed E-state index contributed by atoms with van der Waals surface area (Å²) in [6.45, 7) is 4.41. The first-order chi connectivity index (χ1) is 16.5. The molecule has 0 spiro atoms. The van der Waals surface area contributed by atoms with Crippen LogP contribution in [0.3, 0.4) is 0 Å². The molecule has 34 heavy (non-hydrogen) atoms. The van der Waals surface area contributed by atoms with Gasteiger partial charge < -0.3 is 24.0 Å². The lowest BCUT2D eigenvalue weighted by Crippen LogP contribution is -2.44. The average molecular weight is 472 g/mol. The number of halogens is 2. The van der Waals surface area contributed by atoms with Gasteiger partial charge in [0, 0.05) is 43.5 Å². The zero-order valence-corrected chi connectivity index (χ0v) is 18.9. The Morgan fingerprint density at radius 1 is 1.09 bits per heavy atom. The van der Waals surface area contributed by atoms with Crippen LogP contribution in [0.25, 0.3) is 0 Å². The van der Waals surface area contributed by atoms with Crippen LogP contribution in [0.4, 0.5) is 14.5 Å². The largest absolute Gasteiger partial charge is 0.488 e. The molecule has 2 atom stereocenters. The van der Waals surface area contributed by atoms with Crippen molar-refractivity contribution in [2.75, 3.05) is 51.3 Å². The predicted molar refractivity (Wildman–Crippen MR) is 121 cm³/mol. The fourth-order valence-electron chi connectivity index (χ4n) is 4.36. The zero-order chi connectivity index (χ0) is 23.5. The number of nitrogens with zero attached hydrogens (tertiary/aromatic N) is 5. The second kappa shape index (κ2) is 9.65. The highest BCUT2D eigenvalue weighted by atomic mass is 19.1. The molecule has 0 saturated carbocycles. The number of likely N-dealkylation sites (N-methyl/N-ethyl adjacent to an activating group) is 1. The van der Waals surface area contributed by atoms with Crippen molar-refractivity contribution in [2.24, 2.45) is 0 Å². The van der Waals surface area contributed by atoms with Gasteiger partial charge in [-0.05, 0) is 37.4 Å². The van der Waals surface area contributed by atoms with E-state index in [0.29, 0.717) is 5.75 Å². The Morgan fingerprint density at radius 2 is 1.88 bits per heavy atom. The molecule has 2 aromatic carbocycles. The number of anilines is 1. The van der Waals surface area contributed by atoms with Crippen molar-refractivity contribution < 1.29 is 23.0 Å². The first-order valence-electron chi connectivity index (χ1n) is 11.2. The molecule has 0 N–H and O–H groups in total. The van der Waals surface area contributed by atoms with Gasteiger partial charge in [0.1, 0.15) is 42.2 Å². The van der Waals surface area contributed by atoms with Gasteiger partial charge in [-0.15, -0.1) is 0 Å². The molecule has 3 aromatic rings. The van der Waals surface area contributed by atoms with Crippen molar-refractivity contribution in [1.82, 2.24) is 19.7 Å². The van der Waals surface area contributed by atoms with Gasteiger partial charge in [0.15, 0.2) is 6.29 Å². The highest BCUT2D eigenvalue weighted by molar-refractivity contribution is 5.49. The maximum atomic E-state index is 14.7. The van der Waals surface area contributed by atoms with E-state index in [1.165, 1.54) is 29.5 Å². The Balaban J connectivity index is 1.25. The lowest BCUT2D eigenvalue weighted by molar-refractivity contribution is -0.117. The van der Waals surface area contributed by atoms with E-state index in [9.17, 15) is 8.78 Å². The summed E-state index contributed by atoms with van der Waals surface area (Å²) in [6, 6.07) is 11.4. The summed E-state index contributed by atoms with van der Waals surface area (Å²) in [5.74, 6) is -0.674. The van der Waals surface area contributed by atoms with Crippen molar-refractivity contribution in [1.29, 1.82) is 0 Å². The standard InChI is InChI=1S/C24H27F2N5O3/c1-29-8-10-30(11-9-29)19-3-5-20(6-4-19)32-13-23-33-15-24(34-23,14-31-17-27-16-28-31)21-7-2-18(25)12-22(21)26/h2-7,12,16-17,23H,8-11,13-15H2,1H3. The quantitative estimate of drug-likeness (QED) is 0.525. The van der Waals surface area contributed by atoms with Crippen LogP contribution < -0.4 is 9.64 Å². The lowest BCUT2D eigenvalue weighted by Gasteiger charge is -2.34. The lowest BCUT2D eigenvalue weighted by atomic mass is 9.94. The first kappa shape index (κ1) is 22.7. The molecule has 2 fully saturated rings. The Morgan fingerprint density at radius 3 is 2.59 bits per heavy atom. The number of benzene rings is 2. The summed E-state index contributed by atoms with van der Waals surface area (Å²) in [4.78, 5) is 8.60. The molecule has 2 saturated heterocycles. The van der Waals surface area contributed by atoms with Crippen molar-refractivity contribution in [3.05, 3.63) is 72.3 Å². The molecule has 2 aliphatic rings. The van der Waals surface area contributed by atoms with E-state index in [2.05, 4.69) is 26.9 Å². The van der Waals surface area contributed by atoms with E-state index in [-0.39, 0.29) is 25.3 Å². The average Bonchev–Trinajstić information content (AvgIpc) is 3.49. The molecule has 2 unspecified atom stereocenters. The predicted octanol–water partition coefficient (Wildman–Crippen LogP) is 2.66. The van der Waals surface area contributed by atoms with E-state index in [1.54, 1.807) is 0 Å². The fourth-order valence-corrected chi connectivity index (χ4v) is 4.36. The van der Waals surface area contributed by atoms with Gasteiger partial charge in [-0.1, -0.05) is 6.07 Å². The molecule has 180 valence electrons. The minimum absolute atomic E-state index is 0.0613. The van der Waals surface area contributed by atoms with E-state index >= 15 is 0 Å². The number of piperazine rings is 1. The van der Waals surface area contributed by atoms with E-state index in [1.807, 2.05) is 24.3 Å². The SMILES string of the molecule is CN1CCN(c2ccc(OCC3OCC(Cn4cncn4)(c4ccc(F)cc4F)O3)cc2)CC1. The number of aromatic nitrogens is 3. The molecule has 10 heteroatoms. The van der Waals surface area contributed by atoms with Crippen molar-refractivity contribution in [3.8, 4) is 5.75 Å². The summed E-state index contributed by atoms with van der Waals surface area (Å²) in [5.41, 5.74) is 0.168. The van der Waals surface area contributed by atoms with Gasteiger partial charge in [0.2, 0.25) is 0 Å². The molecule has 8 nitrogen and oxygen atoms in total. The normalized spacial score (nSPS) is 23.4. The van der Waals surface area contributed by atoms with Crippen molar-refractivity contribution in [2.45, 2.75) is 18.4 Å². The third kappa shape index (κ3) is 4.89. The second-order valence-electron chi connectivity index (χ2n) is 8.67. The topological polar surface area (TPSA) is 64.9 Å². The number of hydrogen-bond donors (Lipinski definition) is 0. The minimum Gasteiger partial charge on any atom is -0.488 e. The molecular formula is C24H27F2N5O3. The van der Waals surface area contributed by atoms with Crippen LogP contribution in [-0.4, -0.2) is 72.4 Å². The molecule has 0 bridgehead atoms. The van der Waals surface area contributed by atoms with Crippen LogP contribution in [0, 0.1) is 11.6 Å². The molecule has 5 rings (SSSR count). The molecule has 2 aliphatic heterocycles. The first-order valence-corrected chi connectivity index (χ1v) is 11.2. The molecule has 0 radical (unpaired) electrons. The minimum atomic E-state index is -1.19. The summed E-state index contributed by atoms with van der Waals surface area (Å²) in [5, 5.41) is 4.10. The zero-order valence-electron chi connectivity index (χ0n) is 18.9. The van der Waals surface area contributed by atoms with Crippen molar-refractivity contribution in [3.63, 3.8) is 0 Å². The maximum absolute atomic E-state index is 14.7. The van der Waals surface area contributed by atoms with Gasteiger partial charge in [-0.25, -0.2) is 18.4 Å². The van der Waals surface area contributed by atoms with Crippen LogP contribution in [0.2, 0.25) is 0 Å². The monoisotopic (exact) mass is 471 g/mol. The van der Waals surface area contributed by atoms with E-state index in [4.69, 9.17) is 14.2 Å². The van der Waals surface area contributed by atoms with Gasteiger partial charge in [0.05, 0.1) is 13.2 Å². The molecular weight excluding hydrogens is 444 g/mol.